The fraction of sp³-hybridized carbons (Fsp3) is 0.500. The van der Waals surface area contributed by atoms with E-state index in [2.05, 4.69) is 14.8 Å². The minimum Gasteiger partial charge on any atom is -0.336 e. The van der Waals surface area contributed by atoms with Gasteiger partial charge in [0.05, 0.1) is 11.2 Å². The lowest BCUT2D eigenvalue weighted by Gasteiger charge is -2.35. The lowest BCUT2D eigenvalue weighted by atomic mass is 10.2. The van der Waals surface area contributed by atoms with Crippen LogP contribution in [0.25, 0.3) is 0 Å². The van der Waals surface area contributed by atoms with Crippen LogP contribution in [-0.2, 0) is 12.8 Å². The molecule has 0 N–H and O–H groups in total. The van der Waals surface area contributed by atoms with E-state index in [1.807, 2.05) is 40.7 Å². The van der Waals surface area contributed by atoms with Gasteiger partial charge in [0.15, 0.2) is 0 Å². The molecule has 0 atom stereocenters. The van der Waals surface area contributed by atoms with E-state index in [0.717, 1.165) is 70.8 Å². The predicted molar refractivity (Wildman–Crippen MR) is 105 cm³/mol. The number of hydrogen-bond donors (Lipinski definition) is 0. The zero-order valence-corrected chi connectivity index (χ0v) is 16.0. The van der Waals surface area contributed by atoms with Crippen LogP contribution in [0.5, 0.6) is 0 Å². The first kappa shape index (κ1) is 17.6. The van der Waals surface area contributed by atoms with Crippen LogP contribution in [0.1, 0.15) is 20.9 Å². The van der Waals surface area contributed by atoms with E-state index in [9.17, 15) is 4.79 Å². The van der Waals surface area contributed by atoms with Gasteiger partial charge in [-0.05, 0) is 18.6 Å². The van der Waals surface area contributed by atoms with Crippen LogP contribution in [0.3, 0.4) is 0 Å². The summed E-state index contributed by atoms with van der Waals surface area (Å²) < 4.78 is 0. The first-order valence-corrected chi connectivity index (χ1v) is 10.4. The third kappa shape index (κ3) is 4.14. The zero-order chi connectivity index (χ0) is 17.8. The molecular formula is C20H26N4OS. The highest BCUT2D eigenvalue weighted by atomic mass is 32.1. The summed E-state index contributed by atoms with van der Waals surface area (Å²) in [7, 11) is 0. The van der Waals surface area contributed by atoms with Crippen molar-refractivity contribution < 1.29 is 4.79 Å². The molecule has 5 nitrogen and oxygen atoms in total. The smallest absolute Gasteiger partial charge is 0.253 e. The fourth-order valence-electron chi connectivity index (χ4n) is 3.78. The molecule has 138 valence electrons. The Labute approximate surface area is 159 Å². The molecule has 0 unspecified atom stereocenters. The van der Waals surface area contributed by atoms with Crippen LogP contribution in [0, 0.1) is 0 Å². The molecule has 3 heterocycles. The van der Waals surface area contributed by atoms with E-state index >= 15 is 0 Å². The molecule has 26 heavy (non-hydrogen) atoms. The number of hydrogen-bond acceptors (Lipinski definition) is 5. The van der Waals surface area contributed by atoms with Gasteiger partial charge in [0.1, 0.15) is 0 Å². The summed E-state index contributed by atoms with van der Waals surface area (Å²) >= 11 is 1.80. The Hall–Kier alpha value is -1.76. The van der Waals surface area contributed by atoms with Gasteiger partial charge in [0.25, 0.3) is 5.91 Å². The maximum Gasteiger partial charge on any atom is 0.253 e. The first-order valence-electron chi connectivity index (χ1n) is 9.50. The second-order valence-corrected chi connectivity index (χ2v) is 8.00. The van der Waals surface area contributed by atoms with Crippen molar-refractivity contribution in [2.45, 2.75) is 12.8 Å². The average molecular weight is 371 g/mol. The summed E-state index contributed by atoms with van der Waals surface area (Å²) in [6.07, 6.45) is 2.22. The molecule has 1 fully saturated rings. The van der Waals surface area contributed by atoms with Crippen molar-refractivity contribution in [3.05, 3.63) is 52.0 Å². The topological polar surface area (TPSA) is 39.7 Å². The van der Waals surface area contributed by atoms with Gasteiger partial charge < -0.3 is 9.80 Å². The van der Waals surface area contributed by atoms with Crippen molar-refractivity contribution in [3.63, 3.8) is 0 Å². The molecule has 2 aromatic rings. The molecule has 1 aromatic carbocycles. The molecular weight excluding hydrogens is 344 g/mol. The van der Waals surface area contributed by atoms with Crippen LogP contribution < -0.4 is 0 Å². The average Bonchev–Trinajstić information content (AvgIpc) is 3.07. The monoisotopic (exact) mass is 370 g/mol. The van der Waals surface area contributed by atoms with E-state index < -0.39 is 0 Å². The number of rotatable bonds is 4. The van der Waals surface area contributed by atoms with Gasteiger partial charge in [-0.25, -0.2) is 4.98 Å². The molecule has 0 saturated carbocycles. The first-order chi connectivity index (χ1) is 12.8. The van der Waals surface area contributed by atoms with Gasteiger partial charge in [-0.2, -0.15) is 0 Å². The van der Waals surface area contributed by atoms with Gasteiger partial charge in [-0.1, -0.05) is 18.2 Å². The second kappa shape index (κ2) is 8.29. The van der Waals surface area contributed by atoms with Gasteiger partial charge >= 0.3 is 0 Å². The van der Waals surface area contributed by atoms with Gasteiger partial charge in [-0.15, -0.1) is 11.3 Å². The van der Waals surface area contributed by atoms with E-state index in [4.69, 9.17) is 0 Å². The summed E-state index contributed by atoms with van der Waals surface area (Å²) in [5.41, 5.74) is 4.09. The predicted octanol–water partition coefficient (Wildman–Crippen LogP) is 2.00. The number of fused-ring (bicyclic) bond motifs is 1. The minimum absolute atomic E-state index is 0.163. The lowest BCUT2D eigenvalue weighted by molar-refractivity contribution is 0.0623. The summed E-state index contributed by atoms with van der Waals surface area (Å²) in [4.78, 5) is 25.5. The molecule has 2 aliphatic heterocycles. The van der Waals surface area contributed by atoms with Gasteiger partial charge in [0.2, 0.25) is 0 Å². The van der Waals surface area contributed by atoms with Crippen molar-refractivity contribution in [2.24, 2.45) is 0 Å². The van der Waals surface area contributed by atoms with E-state index in [-0.39, 0.29) is 5.91 Å². The molecule has 0 spiro atoms. The molecule has 1 aromatic heterocycles. The molecule has 4 rings (SSSR count). The normalized spacial score (nSPS) is 19.2. The maximum atomic E-state index is 12.5. The van der Waals surface area contributed by atoms with Crippen molar-refractivity contribution in [2.75, 3.05) is 52.4 Å². The van der Waals surface area contributed by atoms with Crippen LogP contribution in [0.4, 0.5) is 0 Å². The Morgan fingerprint density at radius 1 is 0.923 bits per heavy atom. The van der Waals surface area contributed by atoms with Crippen LogP contribution in [-0.4, -0.2) is 77.9 Å². The largest absolute Gasteiger partial charge is 0.336 e. The molecule has 0 aliphatic carbocycles. The number of nitrogens with zero attached hydrogens (tertiary/aromatic N) is 4. The Morgan fingerprint density at radius 2 is 1.62 bits per heavy atom. The van der Waals surface area contributed by atoms with Crippen molar-refractivity contribution in [1.29, 1.82) is 0 Å². The number of aromatic nitrogens is 1. The molecule has 0 bridgehead atoms. The van der Waals surface area contributed by atoms with Crippen molar-refractivity contribution in [3.8, 4) is 0 Å². The minimum atomic E-state index is 0.163. The second-order valence-electron chi connectivity index (χ2n) is 7.06. The number of benzene rings is 1. The summed E-state index contributed by atoms with van der Waals surface area (Å²) in [6.45, 7) is 8.06. The Balaban J connectivity index is 1.21. The van der Waals surface area contributed by atoms with E-state index in [0.29, 0.717) is 0 Å². The van der Waals surface area contributed by atoms with Crippen molar-refractivity contribution >= 4 is 17.2 Å². The molecule has 1 saturated heterocycles. The maximum absolute atomic E-state index is 12.5. The van der Waals surface area contributed by atoms with Crippen LogP contribution in [0.2, 0.25) is 0 Å². The molecule has 6 heteroatoms. The summed E-state index contributed by atoms with van der Waals surface area (Å²) in [5.74, 6) is 0.163. The molecule has 1 amide bonds. The highest BCUT2D eigenvalue weighted by molar-refractivity contribution is 7.09. The Bertz CT molecular complexity index is 702. The Kier molecular flexibility index (Phi) is 5.62. The van der Waals surface area contributed by atoms with Crippen LogP contribution in [0.15, 0.2) is 35.8 Å². The van der Waals surface area contributed by atoms with Gasteiger partial charge in [0, 0.05) is 69.2 Å². The molecule has 2 aliphatic rings. The Morgan fingerprint density at radius 3 is 2.38 bits per heavy atom. The molecule has 0 radical (unpaired) electrons. The number of carbonyl (C=O) groups excluding carboxylic acids is 1. The zero-order valence-electron chi connectivity index (χ0n) is 15.1. The SMILES string of the molecule is O=C(c1ccccc1)N1CCN(CCN2CCc3ncsc3CC2)CC1. The third-order valence-corrected chi connectivity index (χ3v) is 6.39. The van der Waals surface area contributed by atoms with Crippen molar-refractivity contribution in [1.82, 2.24) is 19.7 Å². The third-order valence-electron chi connectivity index (χ3n) is 5.46. The fourth-order valence-corrected chi connectivity index (χ4v) is 4.59. The summed E-state index contributed by atoms with van der Waals surface area (Å²) in [5, 5.41) is 0. The lowest BCUT2D eigenvalue weighted by Crippen LogP contribution is -2.50. The van der Waals surface area contributed by atoms with Gasteiger partial charge in [-0.3, -0.25) is 9.69 Å². The van der Waals surface area contributed by atoms with Crippen LogP contribution >= 0.6 is 11.3 Å². The highest BCUT2D eigenvalue weighted by Gasteiger charge is 2.23. The quantitative estimate of drug-likeness (QED) is 0.825. The number of piperazine rings is 1. The van der Waals surface area contributed by atoms with E-state index in [1.54, 1.807) is 11.3 Å². The highest BCUT2D eigenvalue weighted by Crippen LogP contribution is 2.18. The number of carbonyl (C=O) groups is 1. The standard InChI is InChI=1S/C20H26N4OS/c25-20(17-4-2-1-3-5-17)24-14-12-23(13-15-24)11-10-22-8-6-18-19(7-9-22)26-16-21-18/h1-5,16H,6-15H2. The number of amides is 1. The van der Waals surface area contributed by atoms with E-state index in [1.165, 1.54) is 10.6 Å². The summed E-state index contributed by atoms with van der Waals surface area (Å²) in [6, 6.07) is 9.62. The number of thiazole rings is 1.